The van der Waals surface area contributed by atoms with Gasteiger partial charge in [0.05, 0.1) is 20.8 Å². The van der Waals surface area contributed by atoms with Crippen molar-refractivity contribution in [3.05, 3.63) is 35.0 Å². The summed E-state index contributed by atoms with van der Waals surface area (Å²) in [6.07, 6.45) is 0.525. The van der Waals surface area contributed by atoms with Crippen molar-refractivity contribution in [1.29, 1.82) is 0 Å². The van der Waals surface area contributed by atoms with E-state index in [2.05, 4.69) is 5.32 Å². The number of Topliss-reactive ketones (excluding diaryl/α,β-unsaturated/α-hetero) is 1. The fourth-order valence-corrected chi connectivity index (χ4v) is 4.15. The fraction of sp³-hybridized carbons (Fsp3) is 0.476. The van der Waals surface area contributed by atoms with E-state index in [0.717, 1.165) is 0 Å². The number of hydrogen-bond donors (Lipinski definition) is 1. The predicted octanol–water partition coefficient (Wildman–Crippen LogP) is 2.35. The molecule has 0 radical (unpaired) electrons. The number of nitrogens with one attached hydrogen (secondary N) is 1. The van der Waals surface area contributed by atoms with Gasteiger partial charge in [0.2, 0.25) is 5.91 Å². The summed E-state index contributed by atoms with van der Waals surface area (Å²) in [4.78, 5) is 38.1. The Morgan fingerprint density at radius 2 is 1.93 bits per heavy atom. The van der Waals surface area contributed by atoms with Gasteiger partial charge in [-0.25, -0.2) is 0 Å². The van der Waals surface area contributed by atoms with Crippen molar-refractivity contribution in [3.8, 4) is 11.5 Å². The lowest BCUT2D eigenvalue weighted by molar-refractivity contribution is -0.153. The molecule has 1 aromatic rings. The van der Waals surface area contributed by atoms with E-state index >= 15 is 0 Å². The first-order chi connectivity index (χ1) is 13.4. The number of carbonyl (C=O) groups excluding carboxylic acids is 3. The molecule has 7 nitrogen and oxygen atoms in total. The van der Waals surface area contributed by atoms with Crippen LogP contribution in [0.4, 0.5) is 0 Å². The summed E-state index contributed by atoms with van der Waals surface area (Å²) in [6.45, 7) is 3.75. The lowest BCUT2D eigenvalue weighted by Crippen LogP contribution is -2.44. The molecule has 7 heteroatoms. The topological polar surface area (TPSA) is 90.9 Å². The lowest BCUT2D eigenvalue weighted by Gasteiger charge is -2.36. The Labute approximate surface area is 164 Å². The maximum absolute atomic E-state index is 13.3. The number of rotatable bonds is 5. The first-order valence-corrected chi connectivity index (χ1v) is 9.37. The molecule has 3 unspecified atom stereocenters. The highest BCUT2D eigenvalue weighted by Crippen LogP contribution is 2.46. The second-order valence-electron chi connectivity index (χ2n) is 7.06. The van der Waals surface area contributed by atoms with Crippen LogP contribution in [0.5, 0.6) is 11.5 Å². The number of ether oxygens (including phenoxy) is 3. The van der Waals surface area contributed by atoms with Gasteiger partial charge >= 0.3 is 5.97 Å². The van der Waals surface area contributed by atoms with E-state index in [0.29, 0.717) is 34.8 Å². The zero-order chi connectivity index (χ0) is 20.4. The van der Waals surface area contributed by atoms with E-state index in [9.17, 15) is 14.4 Å². The van der Waals surface area contributed by atoms with Crippen molar-refractivity contribution in [3.63, 3.8) is 0 Å². The third-order valence-corrected chi connectivity index (χ3v) is 5.35. The van der Waals surface area contributed by atoms with Gasteiger partial charge in [-0.2, -0.15) is 0 Å². The molecular formula is C21H25NO6. The Balaban J connectivity index is 2.11. The van der Waals surface area contributed by atoms with Crippen LogP contribution >= 0.6 is 0 Å². The van der Waals surface area contributed by atoms with Crippen molar-refractivity contribution in [2.24, 2.45) is 11.8 Å². The SMILES string of the molecule is CCOC(=O)C1C(=O)C2=C(CC1C)NC(=O)CC2c1cccc(OC)c1OC. The molecule has 0 aromatic heterocycles. The van der Waals surface area contributed by atoms with Crippen molar-refractivity contribution in [2.45, 2.75) is 32.6 Å². The minimum absolute atomic E-state index is 0.0953. The third-order valence-electron chi connectivity index (χ3n) is 5.35. The second-order valence-corrected chi connectivity index (χ2v) is 7.06. The molecule has 1 amide bonds. The Kier molecular flexibility index (Phi) is 5.72. The van der Waals surface area contributed by atoms with Crippen molar-refractivity contribution in [2.75, 3.05) is 20.8 Å². The molecule has 0 fully saturated rings. The smallest absolute Gasteiger partial charge is 0.317 e. The molecular weight excluding hydrogens is 362 g/mol. The van der Waals surface area contributed by atoms with E-state index in [1.807, 2.05) is 13.0 Å². The van der Waals surface area contributed by atoms with Crippen LogP contribution in [-0.2, 0) is 19.1 Å². The highest BCUT2D eigenvalue weighted by molar-refractivity contribution is 6.11. The molecule has 3 atom stereocenters. The average Bonchev–Trinajstić information content (AvgIpc) is 2.66. The summed E-state index contributed by atoms with van der Waals surface area (Å²) >= 11 is 0. The number of allylic oxidation sites excluding steroid dienone is 2. The molecule has 1 heterocycles. The largest absolute Gasteiger partial charge is 0.493 e. The van der Waals surface area contributed by atoms with Gasteiger partial charge in [0, 0.05) is 29.2 Å². The normalized spacial score (nSPS) is 24.4. The predicted molar refractivity (Wildman–Crippen MR) is 101 cm³/mol. The molecule has 0 bridgehead atoms. The molecule has 0 saturated heterocycles. The van der Waals surface area contributed by atoms with Crippen LogP contribution in [0.2, 0.25) is 0 Å². The van der Waals surface area contributed by atoms with E-state index in [1.165, 1.54) is 14.2 Å². The highest BCUT2D eigenvalue weighted by Gasteiger charge is 2.46. The maximum atomic E-state index is 13.3. The summed E-state index contributed by atoms with van der Waals surface area (Å²) < 4.78 is 16.0. The van der Waals surface area contributed by atoms with Gasteiger partial charge in [-0.1, -0.05) is 19.1 Å². The molecule has 28 heavy (non-hydrogen) atoms. The number of benzene rings is 1. The number of hydrogen-bond acceptors (Lipinski definition) is 6. The van der Waals surface area contributed by atoms with E-state index < -0.39 is 17.8 Å². The van der Waals surface area contributed by atoms with Gasteiger partial charge in [-0.3, -0.25) is 14.4 Å². The number of esters is 1. The van der Waals surface area contributed by atoms with Crippen LogP contribution in [0.15, 0.2) is 29.5 Å². The summed E-state index contributed by atoms with van der Waals surface area (Å²) in [5.74, 6) is -1.59. The van der Waals surface area contributed by atoms with Crippen molar-refractivity contribution in [1.82, 2.24) is 5.32 Å². The minimum atomic E-state index is -0.868. The highest BCUT2D eigenvalue weighted by atomic mass is 16.5. The monoisotopic (exact) mass is 387 g/mol. The summed E-state index contributed by atoms with van der Waals surface area (Å²) in [5, 5.41) is 2.83. The van der Waals surface area contributed by atoms with Crippen molar-refractivity contribution < 1.29 is 28.6 Å². The molecule has 1 N–H and O–H groups in total. The molecule has 0 saturated carbocycles. The van der Waals surface area contributed by atoms with E-state index in [1.54, 1.807) is 19.1 Å². The van der Waals surface area contributed by atoms with Gasteiger partial charge in [0.15, 0.2) is 17.3 Å². The fourth-order valence-electron chi connectivity index (χ4n) is 4.15. The Morgan fingerprint density at radius 3 is 2.57 bits per heavy atom. The van der Waals surface area contributed by atoms with Gasteiger partial charge in [0.1, 0.15) is 5.92 Å². The molecule has 1 aromatic carbocycles. The molecule has 2 aliphatic rings. The maximum Gasteiger partial charge on any atom is 0.317 e. The zero-order valence-corrected chi connectivity index (χ0v) is 16.5. The number of methoxy groups -OCH3 is 2. The van der Waals surface area contributed by atoms with Crippen LogP contribution in [-0.4, -0.2) is 38.5 Å². The van der Waals surface area contributed by atoms with Crippen LogP contribution < -0.4 is 14.8 Å². The average molecular weight is 387 g/mol. The number of amides is 1. The second kappa shape index (κ2) is 8.04. The Hall–Kier alpha value is -2.83. The van der Waals surface area contributed by atoms with Gasteiger partial charge in [0.25, 0.3) is 0 Å². The molecule has 3 rings (SSSR count). The lowest BCUT2D eigenvalue weighted by atomic mass is 9.70. The molecule has 1 aliphatic carbocycles. The first-order valence-electron chi connectivity index (χ1n) is 9.37. The quantitative estimate of drug-likeness (QED) is 0.616. The Morgan fingerprint density at radius 1 is 1.18 bits per heavy atom. The Bertz CT molecular complexity index is 843. The first kappa shape index (κ1) is 19.9. The van der Waals surface area contributed by atoms with Crippen LogP contribution in [0.1, 0.15) is 38.2 Å². The van der Waals surface area contributed by atoms with Crippen molar-refractivity contribution >= 4 is 17.7 Å². The number of carbonyl (C=O) groups is 3. The van der Waals surface area contributed by atoms with Gasteiger partial charge in [-0.15, -0.1) is 0 Å². The van der Waals surface area contributed by atoms with Crippen LogP contribution in [0, 0.1) is 11.8 Å². The van der Waals surface area contributed by atoms with Gasteiger partial charge < -0.3 is 19.5 Å². The third kappa shape index (κ3) is 3.37. The van der Waals surface area contributed by atoms with Crippen LogP contribution in [0.3, 0.4) is 0 Å². The van der Waals surface area contributed by atoms with Gasteiger partial charge in [-0.05, 0) is 25.3 Å². The number of ketones is 1. The summed E-state index contributed by atoms with van der Waals surface area (Å²) in [5.41, 5.74) is 1.74. The van der Waals surface area contributed by atoms with E-state index in [-0.39, 0.29) is 30.6 Å². The summed E-state index contributed by atoms with van der Waals surface area (Å²) in [6, 6.07) is 5.37. The number of para-hydroxylation sites is 1. The molecule has 1 aliphatic heterocycles. The molecule has 0 spiro atoms. The zero-order valence-electron chi connectivity index (χ0n) is 16.5. The summed E-state index contributed by atoms with van der Waals surface area (Å²) in [7, 11) is 3.05. The minimum Gasteiger partial charge on any atom is -0.493 e. The molecule has 150 valence electrons. The van der Waals surface area contributed by atoms with E-state index in [4.69, 9.17) is 14.2 Å². The standard InChI is InChI=1S/C21H25NO6/c1-5-28-21(25)17-11(2)9-14-18(19(17)24)13(10-16(23)22-14)12-7-6-8-15(26-3)20(12)27-4/h6-8,11,13,17H,5,9-10H2,1-4H3,(H,22,23). The van der Waals surface area contributed by atoms with Crippen LogP contribution in [0.25, 0.3) is 0 Å².